The number of likely N-dealkylation sites (N-methyl/N-ethyl adjacent to an activating group) is 1. The first-order valence-corrected chi connectivity index (χ1v) is 10.7. The van der Waals surface area contributed by atoms with Crippen LogP contribution in [-0.2, 0) is 16.1 Å². The molecule has 1 fully saturated rings. The maximum absolute atomic E-state index is 13.1. The van der Waals surface area contributed by atoms with E-state index in [2.05, 4.69) is 10.4 Å². The molecular weight excluding hydrogens is 414 g/mol. The van der Waals surface area contributed by atoms with Gasteiger partial charge >= 0.3 is 0 Å². The maximum Gasteiger partial charge on any atom is 0.291 e. The van der Waals surface area contributed by atoms with Crippen LogP contribution in [0.25, 0.3) is 11.7 Å². The second-order valence-corrected chi connectivity index (χ2v) is 8.58. The Morgan fingerprint density at radius 1 is 1.38 bits per heavy atom. The number of nitrogens with zero attached hydrogens (tertiary/aromatic N) is 4. The zero-order valence-corrected chi connectivity index (χ0v) is 19.2. The average molecular weight is 446 g/mol. The molecule has 10 heteroatoms. The molecule has 174 valence electrons. The zero-order valence-electron chi connectivity index (χ0n) is 19.2. The number of fused-ring (bicyclic) bond motifs is 1. The van der Waals surface area contributed by atoms with Crippen molar-refractivity contribution in [3.05, 3.63) is 33.3 Å². The van der Waals surface area contributed by atoms with Crippen LogP contribution >= 0.6 is 0 Å². The average Bonchev–Trinajstić information content (AvgIpc) is 3.48. The molecule has 32 heavy (non-hydrogen) atoms. The molecule has 0 saturated heterocycles. The van der Waals surface area contributed by atoms with Gasteiger partial charge in [-0.05, 0) is 31.8 Å². The first-order chi connectivity index (χ1) is 15.1. The molecule has 10 nitrogen and oxygen atoms in total. The van der Waals surface area contributed by atoms with Crippen LogP contribution in [0, 0.1) is 12.8 Å². The molecule has 2 amide bonds. The lowest BCUT2D eigenvalue weighted by atomic mass is 10.1. The fourth-order valence-corrected chi connectivity index (χ4v) is 3.40. The molecular formula is C22H31N5O5. The van der Waals surface area contributed by atoms with Gasteiger partial charge in [0.2, 0.25) is 11.8 Å². The summed E-state index contributed by atoms with van der Waals surface area (Å²) >= 11 is 0. The molecule has 2 aromatic rings. The minimum absolute atomic E-state index is 0.0366. The Bertz CT molecular complexity index is 1110. The van der Waals surface area contributed by atoms with Gasteiger partial charge in [-0.15, -0.1) is 0 Å². The van der Waals surface area contributed by atoms with E-state index >= 15 is 0 Å². The van der Waals surface area contributed by atoms with Crippen molar-refractivity contribution in [3.63, 3.8) is 0 Å². The Morgan fingerprint density at radius 2 is 2.06 bits per heavy atom. The molecule has 0 radical (unpaired) electrons. The Hall–Kier alpha value is -3.14. The number of ether oxygens (including phenoxy) is 1. The van der Waals surface area contributed by atoms with Crippen molar-refractivity contribution in [3.8, 4) is 5.88 Å². The van der Waals surface area contributed by atoms with E-state index < -0.39 is 17.3 Å². The van der Waals surface area contributed by atoms with Gasteiger partial charge in [-0.2, -0.15) is 9.61 Å². The number of hydrogen-bond donors (Lipinski definition) is 2. The van der Waals surface area contributed by atoms with E-state index in [1.165, 1.54) is 15.5 Å². The lowest BCUT2D eigenvalue weighted by Crippen LogP contribution is -2.34. The molecule has 1 saturated carbocycles. The van der Waals surface area contributed by atoms with Crippen LogP contribution in [0.1, 0.15) is 48.3 Å². The van der Waals surface area contributed by atoms with Crippen molar-refractivity contribution in [2.45, 2.75) is 46.2 Å². The summed E-state index contributed by atoms with van der Waals surface area (Å²) in [6, 6.07) is 0.0366. The van der Waals surface area contributed by atoms with Crippen molar-refractivity contribution in [1.82, 2.24) is 24.4 Å². The highest BCUT2D eigenvalue weighted by atomic mass is 16.5. The number of aromatic nitrogens is 3. The standard InChI is InChI=1S/C22H31N5O5/c1-13(2)12-26-20-16(8-9-17(28)25(4)10-11-32-5)14(3)24-27(20)22(31)18(21(26)30)19(29)23-15-6-7-15/h8-9,13,15,30H,6-7,10-12H2,1-5H3,(H,23,29)/b9-8+. The quantitative estimate of drug-likeness (QED) is 0.560. The highest BCUT2D eigenvalue weighted by molar-refractivity contribution is 5.97. The van der Waals surface area contributed by atoms with Gasteiger partial charge < -0.3 is 20.1 Å². The third-order valence-electron chi connectivity index (χ3n) is 5.31. The molecule has 1 aliphatic carbocycles. The smallest absolute Gasteiger partial charge is 0.291 e. The van der Waals surface area contributed by atoms with E-state index in [1.807, 2.05) is 13.8 Å². The Balaban J connectivity index is 2.11. The number of carbonyl (C=O) groups excluding carboxylic acids is 2. The minimum atomic E-state index is -0.693. The number of hydrogen-bond acceptors (Lipinski definition) is 6. The number of nitrogens with one attached hydrogen (secondary N) is 1. The van der Waals surface area contributed by atoms with E-state index in [-0.39, 0.29) is 23.4 Å². The van der Waals surface area contributed by atoms with Crippen LogP contribution in [0.2, 0.25) is 0 Å². The number of aryl methyl sites for hydroxylation is 1. The summed E-state index contributed by atoms with van der Waals surface area (Å²) in [5, 5.41) is 18.1. The predicted octanol–water partition coefficient (Wildman–Crippen LogP) is 1.18. The van der Waals surface area contributed by atoms with E-state index in [0.29, 0.717) is 36.6 Å². The molecule has 0 spiro atoms. The molecule has 0 aromatic carbocycles. The van der Waals surface area contributed by atoms with Crippen molar-refractivity contribution in [2.24, 2.45) is 5.92 Å². The van der Waals surface area contributed by atoms with Crippen molar-refractivity contribution < 1.29 is 19.4 Å². The van der Waals surface area contributed by atoms with Crippen molar-refractivity contribution in [2.75, 3.05) is 27.3 Å². The second kappa shape index (κ2) is 9.56. The van der Waals surface area contributed by atoms with Crippen molar-refractivity contribution in [1.29, 1.82) is 0 Å². The third-order valence-corrected chi connectivity index (χ3v) is 5.31. The van der Waals surface area contributed by atoms with Gasteiger partial charge in [0.25, 0.3) is 11.5 Å². The van der Waals surface area contributed by atoms with Crippen LogP contribution in [0.15, 0.2) is 10.9 Å². The molecule has 2 N–H and O–H groups in total. The summed E-state index contributed by atoms with van der Waals surface area (Å²) in [6.45, 7) is 6.85. The first-order valence-electron chi connectivity index (χ1n) is 10.7. The van der Waals surface area contributed by atoms with Gasteiger partial charge in [-0.25, -0.2) is 0 Å². The molecule has 0 aliphatic heterocycles. The first kappa shape index (κ1) is 23.5. The van der Waals surface area contributed by atoms with Crippen LogP contribution in [-0.4, -0.2) is 69.4 Å². The highest BCUT2D eigenvalue weighted by Crippen LogP contribution is 2.26. The summed E-state index contributed by atoms with van der Waals surface area (Å²) in [4.78, 5) is 39.7. The Kier molecular flexibility index (Phi) is 7.02. The van der Waals surface area contributed by atoms with Crippen molar-refractivity contribution >= 4 is 23.5 Å². The normalized spacial score (nSPS) is 13.9. The van der Waals surface area contributed by atoms with Crippen LogP contribution in [0.4, 0.5) is 0 Å². The van der Waals surface area contributed by atoms with Gasteiger partial charge in [0.1, 0.15) is 5.65 Å². The van der Waals surface area contributed by atoms with Gasteiger partial charge in [-0.1, -0.05) is 13.8 Å². The topological polar surface area (TPSA) is 118 Å². The predicted molar refractivity (Wildman–Crippen MR) is 120 cm³/mol. The third kappa shape index (κ3) is 4.85. The summed E-state index contributed by atoms with van der Waals surface area (Å²) in [7, 11) is 3.23. The molecule has 0 unspecified atom stereocenters. The lowest BCUT2D eigenvalue weighted by Gasteiger charge is -2.17. The van der Waals surface area contributed by atoms with Gasteiger partial charge in [0.15, 0.2) is 5.56 Å². The molecule has 1 aliphatic rings. The number of aromatic hydroxyl groups is 1. The highest BCUT2D eigenvalue weighted by Gasteiger charge is 2.30. The lowest BCUT2D eigenvalue weighted by molar-refractivity contribution is -0.125. The fourth-order valence-electron chi connectivity index (χ4n) is 3.40. The van der Waals surface area contributed by atoms with E-state index in [1.54, 1.807) is 27.2 Å². The molecule has 2 aromatic heterocycles. The van der Waals surface area contributed by atoms with Crippen LogP contribution in [0.3, 0.4) is 0 Å². The molecule has 0 atom stereocenters. The summed E-state index contributed by atoms with van der Waals surface area (Å²) < 4.78 is 7.65. The SMILES string of the molecule is COCCN(C)C(=O)/C=C/c1c(C)nn2c(=O)c(C(=O)NC3CC3)c(O)n(CC(C)C)c12. The summed E-state index contributed by atoms with van der Waals surface area (Å²) in [5.41, 5.74) is 0.355. The van der Waals surface area contributed by atoms with Crippen LogP contribution in [0.5, 0.6) is 5.88 Å². The minimum Gasteiger partial charge on any atom is -0.494 e. The largest absolute Gasteiger partial charge is 0.494 e. The number of carbonyl (C=O) groups is 2. The van der Waals surface area contributed by atoms with E-state index in [4.69, 9.17) is 4.74 Å². The number of methoxy groups -OCH3 is 1. The summed E-state index contributed by atoms with van der Waals surface area (Å²) in [6.07, 6.45) is 4.70. The van der Waals surface area contributed by atoms with Gasteiger partial charge in [-0.3, -0.25) is 19.0 Å². The van der Waals surface area contributed by atoms with E-state index in [9.17, 15) is 19.5 Å². The molecule has 0 bridgehead atoms. The van der Waals surface area contributed by atoms with Crippen LogP contribution < -0.4 is 10.9 Å². The monoisotopic (exact) mass is 445 g/mol. The fraction of sp³-hybridized carbons (Fsp3) is 0.545. The van der Waals surface area contributed by atoms with Gasteiger partial charge in [0.05, 0.1) is 12.3 Å². The molecule has 2 heterocycles. The van der Waals surface area contributed by atoms with E-state index in [0.717, 1.165) is 17.4 Å². The Morgan fingerprint density at radius 3 is 2.66 bits per heavy atom. The Labute approximate surface area is 186 Å². The number of rotatable bonds is 9. The second-order valence-electron chi connectivity index (χ2n) is 8.58. The molecule has 3 rings (SSSR count). The number of amides is 2. The maximum atomic E-state index is 13.1. The van der Waals surface area contributed by atoms with Gasteiger partial charge in [0, 0.05) is 44.9 Å². The summed E-state index contributed by atoms with van der Waals surface area (Å²) in [5.74, 6) is -1.12. The zero-order chi connectivity index (χ0) is 23.6.